The molecule has 1 heterocycles. The van der Waals surface area contributed by atoms with Crippen LogP contribution in [0.15, 0.2) is 66.7 Å². The van der Waals surface area contributed by atoms with Gasteiger partial charge in [0, 0.05) is 47.3 Å². The molecule has 1 aliphatic rings. The maximum Gasteiger partial charge on any atom is 0.0670 e. The fourth-order valence-corrected chi connectivity index (χ4v) is 4.84. The van der Waals surface area contributed by atoms with Crippen molar-refractivity contribution in [3.8, 4) is 0 Å². The molecular formula is C24H23Cl4N3. The topological polar surface area (TPSA) is 32.5 Å². The third-order valence-corrected chi connectivity index (χ3v) is 6.73. The van der Waals surface area contributed by atoms with E-state index in [0.29, 0.717) is 15.1 Å². The molecule has 7 heteroatoms. The predicted molar refractivity (Wildman–Crippen MR) is 133 cm³/mol. The molecule has 0 bridgehead atoms. The second-order valence-corrected chi connectivity index (χ2v) is 9.49. The minimum Gasteiger partial charge on any atom is -0.361 e. The van der Waals surface area contributed by atoms with Gasteiger partial charge in [-0.25, -0.2) is 0 Å². The summed E-state index contributed by atoms with van der Waals surface area (Å²) in [7, 11) is 0. The highest BCUT2D eigenvalue weighted by Crippen LogP contribution is 2.37. The molecule has 1 aliphatic heterocycles. The first-order valence-electron chi connectivity index (χ1n) is 10.1. The van der Waals surface area contributed by atoms with Crippen LogP contribution in [0.4, 0.5) is 5.69 Å². The smallest absolute Gasteiger partial charge is 0.0670 e. The van der Waals surface area contributed by atoms with Crippen LogP contribution in [0.1, 0.15) is 23.2 Å². The lowest BCUT2D eigenvalue weighted by molar-refractivity contribution is 0.211. The fraction of sp³-hybridized carbons (Fsp3) is 0.250. The summed E-state index contributed by atoms with van der Waals surface area (Å²) in [5.74, 6) is 0. The summed E-state index contributed by atoms with van der Waals surface area (Å²) >= 11 is 24.8. The normalized spacial score (nSPS) is 18.2. The van der Waals surface area contributed by atoms with E-state index in [2.05, 4.69) is 21.9 Å². The molecule has 2 N–H and O–H groups in total. The zero-order valence-electron chi connectivity index (χ0n) is 16.8. The van der Waals surface area contributed by atoms with Crippen LogP contribution in [-0.4, -0.2) is 31.1 Å². The Morgan fingerprint density at radius 3 is 2.06 bits per heavy atom. The molecule has 31 heavy (non-hydrogen) atoms. The monoisotopic (exact) mass is 493 g/mol. The number of anilines is 1. The first-order chi connectivity index (χ1) is 14.9. The third-order valence-electron chi connectivity index (χ3n) is 5.69. The summed E-state index contributed by atoms with van der Waals surface area (Å²) < 4.78 is 0. The molecular weight excluding hydrogens is 472 g/mol. The van der Waals surface area contributed by atoms with Gasteiger partial charge in [0.25, 0.3) is 0 Å². The number of hydrogen-bond donors (Lipinski definition) is 1. The Kier molecular flexibility index (Phi) is 7.33. The number of nitrogens with zero attached hydrogens (tertiary/aromatic N) is 2. The number of halogens is 4. The Morgan fingerprint density at radius 1 is 0.806 bits per heavy atom. The first kappa shape index (κ1) is 22.7. The van der Waals surface area contributed by atoms with Crippen LogP contribution in [0.5, 0.6) is 0 Å². The SMILES string of the molecule is N[C@@H](CN1CCN(c2ccc(Cl)cc2Cl)[C@H](c2ccc(Cl)cc2)C1)c1ccc(Cl)cc1. The highest BCUT2D eigenvalue weighted by molar-refractivity contribution is 6.36. The van der Waals surface area contributed by atoms with E-state index in [1.54, 1.807) is 6.07 Å². The molecule has 162 valence electrons. The zero-order valence-corrected chi connectivity index (χ0v) is 19.8. The Bertz CT molecular complexity index is 1020. The average Bonchev–Trinajstić information content (AvgIpc) is 2.75. The van der Waals surface area contributed by atoms with Crippen LogP contribution >= 0.6 is 46.4 Å². The molecule has 3 nitrogen and oxygen atoms in total. The molecule has 0 radical (unpaired) electrons. The lowest BCUT2D eigenvalue weighted by atomic mass is 10.00. The maximum absolute atomic E-state index is 6.56. The van der Waals surface area contributed by atoms with Crippen molar-refractivity contribution in [1.29, 1.82) is 0 Å². The number of rotatable bonds is 5. The minimum atomic E-state index is -0.0891. The van der Waals surface area contributed by atoms with E-state index in [1.165, 1.54) is 5.56 Å². The van der Waals surface area contributed by atoms with Crippen molar-refractivity contribution >= 4 is 52.1 Å². The molecule has 0 saturated carbocycles. The van der Waals surface area contributed by atoms with Gasteiger partial charge in [0.05, 0.1) is 16.8 Å². The summed E-state index contributed by atoms with van der Waals surface area (Å²) in [6, 6.07) is 21.4. The molecule has 0 aliphatic carbocycles. The van der Waals surface area contributed by atoms with Crippen LogP contribution in [0.25, 0.3) is 0 Å². The number of nitrogens with two attached hydrogens (primary N) is 1. The molecule has 0 spiro atoms. The number of hydrogen-bond acceptors (Lipinski definition) is 3. The van der Waals surface area contributed by atoms with E-state index >= 15 is 0 Å². The van der Waals surface area contributed by atoms with Gasteiger partial charge in [-0.15, -0.1) is 0 Å². The summed E-state index contributed by atoms with van der Waals surface area (Å²) in [5.41, 5.74) is 9.75. The molecule has 1 saturated heterocycles. The van der Waals surface area contributed by atoms with Crippen molar-refractivity contribution in [2.75, 3.05) is 31.1 Å². The molecule has 0 aromatic heterocycles. The van der Waals surface area contributed by atoms with Gasteiger partial charge in [0.1, 0.15) is 0 Å². The van der Waals surface area contributed by atoms with Crippen molar-refractivity contribution in [2.45, 2.75) is 12.1 Å². The van der Waals surface area contributed by atoms with Gasteiger partial charge < -0.3 is 10.6 Å². The van der Waals surface area contributed by atoms with Crippen molar-refractivity contribution < 1.29 is 0 Å². The molecule has 0 unspecified atom stereocenters. The first-order valence-corrected chi connectivity index (χ1v) is 11.6. The summed E-state index contributed by atoms with van der Waals surface area (Å²) in [6.07, 6.45) is 0. The highest BCUT2D eigenvalue weighted by Gasteiger charge is 2.30. The Balaban J connectivity index is 1.58. The van der Waals surface area contributed by atoms with Gasteiger partial charge >= 0.3 is 0 Å². The number of benzene rings is 3. The van der Waals surface area contributed by atoms with E-state index in [1.807, 2.05) is 48.5 Å². The molecule has 1 fully saturated rings. The summed E-state index contributed by atoms with van der Waals surface area (Å²) in [6.45, 7) is 3.28. The summed E-state index contributed by atoms with van der Waals surface area (Å²) in [4.78, 5) is 4.74. The predicted octanol–water partition coefficient (Wildman–Crippen LogP) is 6.86. The molecule has 4 rings (SSSR count). The standard InChI is InChI=1S/C24H23Cl4N3/c25-18-5-1-16(2-6-18)22(29)14-30-11-12-31(23-10-9-20(27)13-21(23)28)24(15-30)17-3-7-19(26)8-4-17/h1-10,13,22,24H,11-12,14-15,29H2/t22-,24-/m0/s1. The van der Waals surface area contributed by atoms with Gasteiger partial charge in [-0.3, -0.25) is 4.90 Å². The molecule has 3 aromatic rings. The Labute approximate surface area is 203 Å². The third kappa shape index (κ3) is 5.48. The van der Waals surface area contributed by atoms with Crippen molar-refractivity contribution in [2.24, 2.45) is 5.73 Å². The van der Waals surface area contributed by atoms with Crippen molar-refractivity contribution in [1.82, 2.24) is 4.90 Å². The van der Waals surface area contributed by atoms with Crippen LogP contribution in [-0.2, 0) is 0 Å². The van der Waals surface area contributed by atoms with E-state index in [9.17, 15) is 0 Å². The van der Waals surface area contributed by atoms with Crippen LogP contribution in [0.2, 0.25) is 20.1 Å². The molecule has 0 amide bonds. The van der Waals surface area contributed by atoms with Gasteiger partial charge in [0.15, 0.2) is 0 Å². The van der Waals surface area contributed by atoms with Crippen molar-refractivity contribution in [3.05, 3.63) is 97.9 Å². The lowest BCUT2D eigenvalue weighted by Gasteiger charge is -2.44. The Morgan fingerprint density at radius 2 is 1.42 bits per heavy atom. The molecule has 2 atom stereocenters. The highest BCUT2D eigenvalue weighted by atomic mass is 35.5. The zero-order chi connectivity index (χ0) is 22.0. The summed E-state index contributed by atoms with van der Waals surface area (Å²) in [5, 5.41) is 2.71. The van der Waals surface area contributed by atoms with Crippen LogP contribution in [0, 0.1) is 0 Å². The van der Waals surface area contributed by atoms with E-state index < -0.39 is 0 Å². The van der Waals surface area contributed by atoms with Gasteiger partial charge in [-0.2, -0.15) is 0 Å². The quantitative estimate of drug-likeness (QED) is 0.420. The minimum absolute atomic E-state index is 0.0891. The largest absolute Gasteiger partial charge is 0.361 e. The van der Waals surface area contributed by atoms with Gasteiger partial charge in [-0.1, -0.05) is 70.7 Å². The van der Waals surface area contributed by atoms with Crippen LogP contribution in [0.3, 0.4) is 0 Å². The number of piperazine rings is 1. The second-order valence-electron chi connectivity index (χ2n) is 7.77. The fourth-order valence-electron chi connectivity index (χ4n) is 4.07. The van der Waals surface area contributed by atoms with Gasteiger partial charge in [-0.05, 0) is 53.6 Å². The average molecular weight is 495 g/mol. The lowest BCUT2D eigenvalue weighted by Crippen LogP contribution is -2.50. The molecule has 3 aromatic carbocycles. The van der Waals surface area contributed by atoms with E-state index in [-0.39, 0.29) is 12.1 Å². The Hall–Kier alpha value is -1.46. The van der Waals surface area contributed by atoms with E-state index in [0.717, 1.165) is 42.5 Å². The van der Waals surface area contributed by atoms with E-state index in [4.69, 9.17) is 52.1 Å². The van der Waals surface area contributed by atoms with Gasteiger partial charge in [0.2, 0.25) is 0 Å². The second kappa shape index (κ2) is 9.99. The van der Waals surface area contributed by atoms with Crippen molar-refractivity contribution in [3.63, 3.8) is 0 Å². The maximum atomic E-state index is 6.56. The van der Waals surface area contributed by atoms with Crippen LogP contribution < -0.4 is 10.6 Å².